The molecule has 2 aromatic carbocycles. The summed E-state index contributed by atoms with van der Waals surface area (Å²) in [4.78, 5) is 4.76. The lowest BCUT2D eigenvalue weighted by molar-refractivity contribution is 0.373. The standard InChI is InChI=1S/C21H19N3O2/c1-14-6-9-16(10-7-14)22-21-20(23-19-5-3-4-12-24(19)21)15-8-11-17(25)18(13-15)26-2/h3-13,22,25H,1-2H3. The molecule has 0 unspecified atom stereocenters. The maximum Gasteiger partial charge on any atom is 0.161 e. The topological polar surface area (TPSA) is 58.8 Å². The molecule has 5 nitrogen and oxygen atoms in total. The summed E-state index contributed by atoms with van der Waals surface area (Å²) in [6.45, 7) is 2.06. The highest BCUT2D eigenvalue weighted by Gasteiger charge is 2.16. The average molecular weight is 345 g/mol. The van der Waals surface area contributed by atoms with Crippen LogP contribution in [0.1, 0.15) is 5.56 Å². The Bertz CT molecular complexity index is 1070. The van der Waals surface area contributed by atoms with Crippen molar-refractivity contribution >= 4 is 17.2 Å². The lowest BCUT2D eigenvalue weighted by Crippen LogP contribution is -1.97. The van der Waals surface area contributed by atoms with Crippen molar-refractivity contribution in [3.63, 3.8) is 0 Å². The highest BCUT2D eigenvalue weighted by atomic mass is 16.5. The Morgan fingerprint density at radius 1 is 1.04 bits per heavy atom. The highest BCUT2D eigenvalue weighted by Crippen LogP contribution is 2.36. The molecule has 2 aromatic heterocycles. The molecule has 0 bridgehead atoms. The van der Waals surface area contributed by atoms with Crippen molar-refractivity contribution in [1.29, 1.82) is 0 Å². The number of hydrogen-bond acceptors (Lipinski definition) is 4. The molecule has 0 aliphatic carbocycles. The molecule has 0 atom stereocenters. The second-order valence-electron chi connectivity index (χ2n) is 6.12. The van der Waals surface area contributed by atoms with E-state index in [-0.39, 0.29) is 5.75 Å². The predicted octanol–water partition coefficient (Wildman–Crippen LogP) is 4.77. The molecule has 0 amide bonds. The van der Waals surface area contributed by atoms with Gasteiger partial charge in [-0.3, -0.25) is 4.40 Å². The van der Waals surface area contributed by atoms with Crippen LogP contribution >= 0.6 is 0 Å². The second kappa shape index (κ2) is 6.44. The number of rotatable bonds is 4. The molecule has 2 heterocycles. The summed E-state index contributed by atoms with van der Waals surface area (Å²) in [7, 11) is 1.54. The third-order valence-electron chi connectivity index (χ3n) is 4.30. The van der Waals surface area contributed by atoms with E-state index in [1.165, 1.54) is 12.7 Å². The number of phenols is 1. The lowest BCUT2D eigenvalue weighted by atomic mass is 10.1. The van der Waals surface area contributed by atoms with Crippen LogP contribution in [0.15, 0.2) is 66.9 Å². The van der Waals surface area contributed by atoms with Crippen LogP contribution < -0.4 is 10.1 Å². The van der Waals surface area contributed by atoms with E-state index in [2.05, 4.69) is 24.4 Å². The van der Waals surface area contributed by atoms with Crippen molar-refractivity contribution in [3.8, 4) is 22.8 Å². The van der Waals surface area contributed by atoms with Crippen molar-refractivity contribution in [3.05, 3.63) is 72.4 Å². The van der Waals surface area contributed by atoms with Crippen molar-refractivity contribution in [2.45, 2.75) is 6.92 Å². The van der Waals surface area contributed by atoms with Gasteiger partial charge in [0, 0.05) is 17.4 Å². The molecule has 0 aliphatic rings. The van der Waals surface area contributed by atoms with Crippen LogP contribution in [-0.4, -0.2) is 21.6 Å². The number of hydrogen-bond donors (Lipinski definition) is 2. The Hall–Kier alpha value is -3.47. The first-order valence-corrected chi connectivity index (χ1v) is 8.34. The van der Waals surface area contributed by atoms with Crippen molar-refractivity contribution in [2.24, 2.45) is 0 Å². The zero-order valence-electron chi connectivity index (χ0n) is 14.6. The van der Waals surface area contributed by atoms with Crippen LogP contribution in [0.4, 0.5) is 11.5 Å². The molecule has 0 radical (unpaired) electrons. The number of pyridine rings is 1. The maximum absolute atomic E-state index is 9.89. The molecule has 0 fully saturated rings. The fourth-order valence-corrected chi connectivity index (χ4v) is 2.92. The normalized spacial score (nSPS) is 10.8. The highest BCUT2D eigenvalue weighted by molar-refractivity contribution is 5.80. The first kappa shape index (κ1) is 16.0. The van der Waals surface area contributed by atoms with Gasteiger partial charge < -0.3 is 15.2 Å². The number of aromatic nitrogens is 2. The zero-order valence-corrected chi connectivity index (χ0v) is 14.6. The minimum atomic E-state index is 0.105. The minimum Gasteiger partial charge on any atom is -0.504 e. The number of aryl methyl sites for hydroxylation is 1. The molecular formula is C21H19N3O2. The number of benzene rings is 2. The quantitative estimate of drug-likeness (QED) is 0.559. The summed E-state index contributed by atoms with van der Waals surface area (Å²) < 4.78 is 7.26. The molecule has 5 heteroatoms. The summed E-state index contributed by atoms with van der Waals surface area (Å²) >= 11 is 0. The van der Waals surface area contributed by atoms with Crippen molar-refractivity contribution < 1.29 is 9.84 Å². The molecule has 0 aliphatic heterocycles. The van der Waals surface area contributed by atoms with Gasteiger partial charge in [0.05, 0.1) is 7.11 Å². The smallest absolute Gasteiger partial charge is 0.161 e. The Morgan fingerprint density at radius 3 is 2.62 bits per heavy atom. The molecule has 130 valence electrons. The SMILES string of the molecule is COc1cc(-c2nc3ccccn3c2Nc2ccc(C)cc2)ccc1O. The van der Waals surface area contributed by atoms with Crippen molar-refractivity contribution in [2.75, 3.05) is 12.4 Å². The van der Waals surface area contributed by atoms with Gasteiger partial charge in [0.1, 0.15) is 17.2 Å². The number of phenolic OH excluding ortho intramolecular Hbond substituents is 1. The number of nitrogens with one attached hydrogen (secondary N) is 1. The van der Waals surface area contributed by atoms with Gasteiger partial charge in [-0.2, -0.15) is 0 Å². The van der Waals surface area contributed by atoms with E-state index in [9.17, 15) is 5.11 Å². The number of nitrogens with zero attached hydrogens (tertiary/aromatic N) is 2. The minimum absolute atomic E-state index is 0.105. The molecule has 26 heavy (non-hydrogen) atoms. The Balaban J connectivity index is 1.87. The molecule has 0 saturated heterocycles. The molecule has 2 N–H and O–H groups in total. The van der Waals surface area contributed by atoms with Crippen molar-refractivity contribution in [1.82, 2.24) is 9.38 Å². The number of anilines is 2. The molecule has 4 rings (SSSR count). The lowest BCUT2D eigenvalue weighted by Gasteiger charge is -2.10. The van der Waals surface area contributed by atoms with Gasteiger partial charge in [-0.15, -0.1) is 0 Å². The molecule has 4 aromatic rings. The van der Waals surface area contributed by atoms with Gasteiger partial charge in [0.25, 0.3) is 0 Å². The third kappa shape index (κ3) is 2.84. The fraction of sp³-hybridized carbons (Fsp3) is 0.0952. The number of methoxy groups -OCH3 is 1. The van der Waals surface area contributed by atoms with Crippen LogP contribution in [0.2, 0.25) is 0 Å². The second-order valence-corrected chi connectivity index (χ2v) is 6.12. The zero-order chi connectivity index (χ0) is 18.1. The van der Waals surface area contributed by atoms with Gasteiger partial charge >= 0.3 is 0 Å². The molecular weight excluding hydrogens is 326 g/mol. The van der Waals surface area contributed by atoms with Crippen LogP contribution in [0.25, 0.3) is 16.9 Å². The summed E-state index contributed by atoms with van der Waals surface area (Å²) in [6.07, 6.45) is 1.97. The van der Waals surface area contributed by atoms with E-state index in [4.69, 9.17) is 9.72 Å². The average Bonchev–Trinajstić information content (AvgIpc) is 3.02. The number of ether oxygens (including phenoxy) is 1. The number of fused-ring (bicyclic) bond motifs is 1. The van der Waals surface area contributed by atoms with Gasteiger partial charge in [-0.05, 0) is 49.4 Å². The van der Waals surface area contributed by atoms with Crippen LogP contribution in [-0.2, 0) is 0 Å². The molecule has 0 spiro atoms. The van der Waals surface area contributed by atoms with Crippen LogP contribution in [0.5, 0.6) is 11.5 Å². The summed E-state index contributed by atoms with van der Waals surface area (Å²) in [6, 6.07) is 19.3. The van der Waals surface area contributed by atoms with E-state index < -0.39 is 0 Å². The van der Waals surface area contributed by atoms with E-state index in [0.29, 0.717) is 5.75 Å². The Labute approximate surface area is 151 Å². The maximum atomic E-state index is 9.89. The van der Waals surface area contributed by atoms with Crippen LogP contribution in [0.3, 0.4) is 0 Å². The largest absolute Gasteiger partial charge is 0.504 e. The monoisotopic (exact) mass is 345 g/mol. The Morgan fingerprint density at radius 2 is 1.85 bits per heavy atom. The summed E-state index contributed by atoms with van der Waals surface area (Å²) in [5.74, 6) is 1.38. The predicted molar refractivity (Wildman–Crippen MR) is 103 cm³/mol. The molecule has 0 saturated carbocycles. The number of imidazole rings is 1. The van der Waals surface area contributed by atoms with E-state index in [0.717, 1.165) is 28.4 Å². The fourth-order valence-electron chi connectivity index (χ4n) is 2.92. The van der Waals surface area contributed by atoms with Gasteiger partial charge in [0.15, 0.2) is 11.5 Å². The van der Waals surface area contributed by atoms with Gasteiger partial charge in [-0.25, -0.2) is 4.98 Å². The summed E-state index contributed by atoms with van der Waals surface area (Å²) in [5.41, 5.74) is 4.67. The van der Waals surface area contributed by atoms with E-state index >= 15 is 0 Å². The van der Waals surface area contributed by atoms with Gasteiger partial charge in [-0.1, -0.05) is 23.8 Å². The first-order chi connectivity index (χ1) is 12.7. The first-order valence-electron chi connectivity index (χ1n) is 8.34. The summed E-state index contributed by atoms with van der Waals surface area (Å²) in [5, 5.41) is 13.4. The number of aromatic hydroxyl groups is 1. The van der Waals surface area contributed by atoms with Gasteiger partial charge in [0.2, 0.25) is 0 Å². The Kier molecular flexibility index (Phi) is 3.97. The third-order valence-corrected chi connectivity index (χ3v) is 4.30. The van der Waals surface area contributed by atoms with E-state index in [1.807, 2.05) is 47.0 Å². The van der Waals surface area contributed by atoms with E-state index in [1.54, 1.807) is 12.1 Å². The van der Waals surface area contributed by atoms with Crippen LogP contribution in [0, 0.1) is 6.92 Å².